The molecular formula is C18H19BrN2O2S. The molecule has 126 valence electrons. The minimum Gasteiger partial charge on any atom is -0.506 e. The summed E-state index contributed by atoms with van der Waals surface area (Å²) < 4.78 is 0.895. The second-order valence-electron chi connectivity index (χ2n) is 5.50. The summed E-state index contributed by atoms with van der Waals surface area (Å²) in [6.45, 7) is 4.22. The summed E-state index contributed by atoms with van der Waals surface area (Å²) in [6.07, 6.45) is 0.995. The monoisotopic (exact) mass is 406 g/mol. The standard InChI is InChI=1S/C18H19BrN2O2S/c1-3-11(2)13-6-9-16(22)15(10-13)20-18(24)21-17(23)12-4-7-14(19)8-5-12/h4-11,22H,3H2,1-2H3,(H2,20,21,23,24)/t11-/m0/s1. The molecule has 1 amide bonds. The number of anilines is 1. The second kappa shape index (κ2) is 8.26. The molecule has 0 unspecified atom stereocenters. The maximum absolute atomic E-state index is 12.1. The minimum absolute atomic E-state index is 0.0855. The van der Waals surface area contributed by atoms with E-state index in [2.05, 4.69) is 40.4 Å². The smallest absolute Gasteiger partial charge is 0.257 e. The predicted molar refractivity (Wildman–Crippen MR) is 105 cm³/mol. The lowest BCUT2D eigenvalue weighted by atomic mass is 9.98. The van der Waals surface area contributed by atoms with Crippen molar-refractivity contribution >= 4 is 44.9 Å². The number of aromatic hydroxyl groups is 1. The molecule has 0 aromatic heterocycles. The Kier molecular flexibility index (Phi) is 6.34. The highest BCUT2D eigenvalue weighted by molar-refractivity contribution is 9.10. The van der Waals surface area contributed by atoms with E-state index in [1.807, 2.05) is 12.1 Å². The molecule has 2 aromatic rings. The maximum atomic E-state index is 12.1. The quantitative estimate of drug-likeness (QED) is 0.504. The molecular weight excluding hydrogens is 388 g/mol. The van der Waals surface area contributed by atoms with Crippen LogP contribution in [0, 0.1) is 0 Å². The van der Waals surface area contributed by atoms with Crippen molar-refractivity contribution in [3.8, 4) is 5.75 Å². The molecule has 2 aromatic carbocycles. The van der Waals surface area contributed by atoms with Gasteiger partial charge in [0, 0.05) is 10.0 Å². The number of phenols is 1. The van der Waals surface area contributed by atoms with Crippen LogP contribution in [0.5, 0.6) is 5.75 Å². The first kappa shape index (κ1) is 18.4. The van der Waals surface area contributed by atoms with Crippen LogP contribution in [0.1, 0.15) is 42.1 Å². The minimum atomic E-state index is -0.308. The average Bonchev–Trinajstić information content (AvgIpc) is 2.56. The highest BCUT2D eigenvalue weighted by Crippen LogP contribution is 2.29. The molecule has 0 aliphatic carbocycles. The Labute approximate surface area is 155 Å². The van der Waals surface area contributed by atoms with Crippen LogP contribution in [0.15, 0.2) is 46.9 Å². The summed E-state index contributed by atoms with van der Waals surface area (Å²) in [5, 5.41) is 15.6. The first-order chi connectivity index (χ1) is 11.4. The fourth-order valence-corrected chi connectivity index (χ4v) is 2.59. The van der Waals surface area contributed by atoms with E-state index < -0.39 is 0 Å². The van der Waals surface area contributed by atoms with Crippen molar-refractivity contribution in [2.24, 2.45) is 0 Å². The van der Waals surface area contributed by atoms with Crippen molar-refractivity contribution in [2.45, 2.75) is 26.2 Å². The second-order valence-corrected chi connectivity index (χ2v) is 6.82. The van der Waals surface area contributed by atoms with Crippen LogP contribution < -0.4 is 10.6 Å². The highest BCUT2D eigenvalue weighted by atomic mass is 79.9. The van der Waals surface area contributed by atoms with Gasteiger partial charge in [-0.2, -0.15) is 0 Å². The Morgan fingerprint density at radius 2 is 1.92 bits per heavy atom. The van der Waals surface area contributed by atoms with E-state index in [4.69, 9.17) is 12.2 Å². The van der Waals surface area contributed by atoms with Crippen molar-refractivity contribution in [3.63, 3.8) is 0 Å². The van der Waals surface area contributed by atoms with E-state index in [0.717, 1.165) is 16.5 Å². The molecule has 24 heavy (non-hydrogen) atoms. The number of carbonyl (C=O) groups is 1. The first-order valence-corrected chi connectivity index (χ1v) is 8.81. The predicted octanol–water partition coefficient (Wildman–Crippen LogP) is 4.80. The number of thiocarbonyl (C=S) groups is 1. The van der Waals surface area contributed by atoms with E-state index in [9.17, 15) is 9.90 Å². The van der Waals surface area contributed by atoms with Crippen molar-refractivity contribution in [1.82, 2.24) is 5.32 Å². The molecule has 0 saturated heterocycles. The Bertz CT molecular complexity index is 747. The molecule has 6 heteroatoms. The van der Waals surface area contributed by atoms with Gasteiger partial charge in [0.15, 0.2) is 5.11 Å². The Hall–Kier alpha value is -1.92. The molecule has 0 heterocycles. The van der Waals surface area contributed by atoms with Crippen LogP contribution in [0.25, 0.3) is 0 Å². The maximum Gasteiger partial charge on any atom is 0.257 e. The normalized spacial score (nSPS) is 11.6. The third kappa shape index (κ3) is 4.79. The summed E-state index contributed by atoms with van der Waals surface area (Å²) in [4.78, 5) is 12.1. The first-order valence-electron chi connectivity index (χ1n) is 7.61. The molecule has 0 bridgehead atoms. The van der Waals surface area contributed by atoms with Gasteiger partial charge in [0.05, 0.1) is 5.69 Å². The number of rotatable bonds is 4. The van der Waals surface area contributed by atoms with E-state index in [1.165, 1.54) is 0 Å². The van der Waals surface area contributed by atoms with Crippen LogP contribution in [0.4, 0.5) is 5.69 Å². The highest BCUT2D eigenvalue weighted by Gasteiger charge is 2.11. The van der Waals surface area contributed by atoms with Crippen molar-refractivity contribution < 1.29 is 9.90 Å². The van der Waals surface area contributed by atoms with Gasteiger partial charge in [-0.05, 0) is 66.5 Å². The molecule has 0 fully saturated rings. The van der Waals surface area contributed by atoms with Gasteiger partial charge in [-0.3, -0.25) is 10.1 Å². The van der Waals surface area contributed by atoms with Crippen LogP contribution in [-0.4, -0.2) is 16.1 Å². The molecule has 0 saturated carbocycles. The molecule has 4 nitrogen and oxygen atoms in total. The molecule has 3 N–H and O–H groups in total. The zero-order valence-corrected chi connectivity index (χ0v) is 15.9. The number of benzene rings is 2. The number of phenolic OH excluding ortho intramolecular Hbond substituents is 1. The molecule has 0 aliphatic heterocycles. The Morgan fingerprint density at radius 1 is 1.25 bits per heavy atom. The summed E-state index contributed by atoms with van der Waals surface area (Å²) in [7, 11) is 0. The number of halogens is 1. The van der Waals surface area contributed by atoms with Gasteiger partial charge in [0.1, 0.15) is 5.75 Å². The number of carbonyl (C=O) groups excluding carboxylic acids is 1. The molecule has 2 rings (SSSR count). The van der Waals surface area contributed by atoms with Gasteiger partial charge in [-0.25, -0.2) is 0 Å². The lowest BCUT2D eigenvalue weighted by Crippen LogP contribution is -2.34. The van der Waals surface area contributed by atoms with Gasteiger partial charge in [0.25, 0.3) is 5.91 Å². The largest absolute Gasteiger partial charge is 0.506 e. The molecule has 0 aliphatic rings. The van der Waals surface area contributed by atoms with Crippen LogP contribution in [-0.2, 0) is 0 Å². The average molecular weight is 407 g/mol. The summed E-state index contributed by atoms with van der Waals surface area (Å²) in [5.41, 5.74) is 2.08. The summed E-state index contributed by atoms with van der Waals surface area (Å²) in [6, 6.07) is 12.3. The number of nitrogens with one attached hydrogen (secondary N) is 2. The molecule has 0 radical (unpaired) electrons. The zero-order chi connectivity index (χ0) is 17.7. The zero-order valence-electron chi connectivity index (χ0n) is 13.5. The fourth-order valence-electron chi connectivity index (χ4n) is 2.13. The van der Waals surface area contributed by atoms with Gasteiger partial charge in [-0.1, -0.05) is 35.8 Å². The van der Waals surface area contributed by atoms with Crippen LogP contribution in [0.3, 0.4) is 0 Å². The van der Waals surface area contributed by atoms with Gasteiger partial charge < -0.3 is 10.4 Å². The van der Waals surface area contributed by atoms with E-state index in [1.54, 1.807) is 30.3 Å². The topological polar surface area (TPSA) is 61.4 Å². The third-order valence-corrected chi connectivity index (χ3v) is 4.52. The van der Waals surface area contributed by atoms with E-state index in [0.29, 0.717) is 17.2 Å². The van der Waals surface area contributed by atoms with Crippen molar-refractivity contribution in [3.05, 3.63) is 58.1 Å². The lowest BCUT2D eigenvalue weighted by molar-refractivity contribution is 0.0977. The molecule has 0 spiro atoms. The number of amides is 1. The Balaban J connectivity index is 2.06. The van der Waals surface area contributed by atoms with Crippen LogP contribution in [0.2, 0.25) is 0 Å². The van der Waals surface area contributed by atoms with E-state index in [-0.39, 0.29) is 16.8 Å². The van der Waals surface area contributed by atoms with Crippen molar-refractivity contribution in [2.75, 3.05) is 5.32 Å². The van der Waals surface area contributed by atoms with Gasteiger partial charge in [0.2, 0.25) is 0 Å². The molecule has 1 atom stereocenters. The van der Waals surface area contributed by atoms with E-state index >= 15 is 0 Å². The van der Waals surface area contributed by atoms with Gasteiger partial charge in [-0.15, -0.1) is 0 Å². The number of hydrogen-bond acceptors (Lipinski definition) is 3. The third-order valence-electron chi connectivity index (χ3n) is 3.78. The number of hydrogen-bond donors (Lipinski definition) is 3. The summed E-state index contributed by atoms with van der Waals surface area (Å²) in [5.74, 6) is 0.150. The fraction of sp³-hybridized carbons (Fsp3) is 0.222. The van der Waals surface area contributed by atoms with Gasteiger partial charge >= 0.3 is 0 Å². The lowest BCUT2D eigenvalue weighted by Gasteiger charge is -2.14. The summed E-state index contributed by atoms with van der Waals surface area (Å²) >= 11 is 8.50. The van der Waals surface area contributed by atoms with Crippen LogP contribution >= 0.6 is 28.1 Å². The SMILES string of the molecule is CC[C@H](C)c1ccc(O)c(NC(=S)NC(=O)c2ccc(Br)cc2)c1. The van der Waals surface area contributed by atoms with Crippen molar-refractivity contribution in [1.29, 1.82) is 0 Å². The Morgan fingerprint density at radius 3 is 2.54 bits per heavy atom.